The van der Waals surface area contributed by atoms with E-state index in [0.29, 0.717) is 12.2 Å². The van der Waals surface area contributed by atoms with Crippen molar-refractivity contribution in [1.82, 2.24) is 9.78 Å². The molecular formula is C14H15BrN2O3. The fourth-order valence-corrected chi connectivity index (χ4v) is 2.18. The zero-order chi connectivity index (χ0) is 14.7. The van der Waals surface area contributed by atoms with Crippen LogP contribution in [0.5, 0.6) is 0 Å². The maximum atomic E-state index is 12.3. The highest BCUT2D eigenvalue weighted by atomic mass is 79.9. The smallest absolute Gasteiger partial charge is 0.302 e. The van der Waals surface area contributed by atoms with Gasteiger partial charge in [0.15, 0.2) is 5.78 Å². The van der Waals surface area contributed by atoms with E-state index in [1.165, 1.54) is 6.92 Å². The monoisotopic (exact) mass is 338 g/mol. The number of alkyl halides is 1. The summed E-state index contributed by atoms with van der Waals surface area (Å²) < 4.78 is 6.52. The molecule has 0 aliphatic rings. The molecule has 0 saturated heterocycles. The number of Topliss-reactive ketones (excluding diaryl/α,β-unsaturated/α-hetero) is 1. The normalized spacial score (nSPS) is 12.3. The van der Waals surface area contributed by atoms with Gasteiger partial charge in [-0.3, -0.25) is 14.3 Å². The second-order valence-corrected chi connectivity index (χ2v) is 5.78. The van der Waals surface area contributed by atoms with Gasteiger partial charge in [-0.05, 0) is 13.0 Å². The van der Waals surface area contributed by atoms with Gasteiger partial charge in [0.2, 0.25) is 0 Å². The Balaban J connectivity index is 2.39. The van der Waals surface area contributed by atoms with E-state index in [-0.39, 0.29) is 23.2 Å². The van der Waals surface area contributed by atoms with Crippen molar-refractivity contribution in [2.45, 2.75) is 25.2 Å². The standard InChI is InChI=1S/C14H15BrN2O3/c1-9(15)14(19)13-11-5-3-4-6-12(11)16-17(13)7-8-20-10(2)18/h3-6,9H,7-8H2,1-2H3. The second-order valence-electron chi connectivity index (χ2n) is 4.41. The highest BCUT2D eigenvalue weighted by Crippen LogP contribution is 2.21. The Morgan fingerprint density at radius 3 is 2.75 bits per heavy atom. The van der Waals surface area contributed by atoms with Gasteiger partial charge in [-0.2, -0.15) is 5.10 Å². The highest BCUT2D eigenvalue weighted by Gasteiger charge is 2.21. The van der Waals surface area contributed by atoms with E-state index in [2.05, 4.69) is 21.0 Å². The zero-order valence-electron chi connectivity index (χ0n) is 11.3. The molecule has 20 heavy (non-hydrogen) atoms. The van der Waals surface area contributed by atoms with Crippen LogP contribution in [0.4, 0.5) is 0 Å². The van der Waals surface area contributed by atoms with Gasteiger partial charge in [-0.25, -0.2) is 0 Å². The number of carbonyl (C=O) groups is 2. The van der Waals surface area contributed by atoms with Crippen molar-refractivity contribution in [2.24, 2.45) is 0 Å². The number of fused-ring (bicyclic) bond motifs is 1. The molecule has 0 fully saturated rings. The van der Waals surface area contributed by atoms with E-state index in [9.17, 15) is 9.59 Å². The molecule has 1 unspecified atom stereocenters. The van der Waals surface area contributed by atoms with Crippen molar-refractivity contribution in [3.63, 3.8) is 0 Å². The molecule has 0 radical (unpaired) electrons. The van der Waals surface area contributed by atoms with Crippen LogP contribution in [0, 0.1) is 0 Å². The fourth-order valence-electron chi connectivity index (χ4n) is 1.97. The molecule has 0 saturated carbocycles. The summed E-state index contributed by atoms with van der Waals surface area (Å²) in [7, 11) is 0. The SMILES string of the molecule is CC(=O)OCCn1nc2ccccc2c1C(=O)C(C)Br. The van der Waals surface area contributed by atoms with Crippen LogP contribution in [0.1, 0.15) is 24.3 Å². The summed E-state index contributed by atoms with van der Waals surface area (Å²) in [6, 6.07) is 7.47. The molecule has 1 atom stereocenters. The third-order valence-electron chi connectivity index (χ3n) is 2.85. The van der Waals surface area contributed by atoms with Crippen molar-refractivity contribution in [2.75, 3.05) is 6.61 Å². The summed E-state index contributed by atoms with van der Waals surface area (Å²) in [6.45, 7) is 3.68. The molecule has 1 aromatic heterocycles. The number of ketones is 1. The number of ether oxygens (including phenoxy) is 1. The second kappa shape index (κ2) is 6.17. The lowest BCUT2D eigenvalue weighted by Gasteiger charge is -2.08. The van der Waals surface area contributed by atoms with Crippen molar-refractivity contribution in [3.8, 4) is 0 Å². The molecule has 106 valence electrons. The third-order valence-corrected chi connectivity index (χ3v) is 3.26. The predicted octanol–water partition coefficient (Wildman–Crippen LogP) is 2.57. The average Bonchev–Trinajstić information content (AvgIpc) is 2.75. The van der Waals surface area contributed by atoms with E-state index < -0.39 is 0 Å². The van der Waals surface area contributed by atoms with E-state index in [1.54, 1.807) is 11.6 Å². The summed E-state index contributed by atoms with van der Waals surface area (Å²) in [5, 5.41) is 5.21. The Labute approximate surface area is 125 Å². The predicted molar refractivity (Wildman–Crippen MR) is 79.1 cm³/mol. The minimum Gasteiger partial charge on any atom is -0.464 e. The maximum absolute atomic E-state index is 12.3. The lowest BCUT2D eigenvalue weighted by atomic mass is 10.1. The van der Waals surface area contributed by atoms with E-state index >= 15 is 0 Å². The average molecular weight is 339 g/mol. The minimum absolute atomic E-state index is 0.0403. The molecule has 0 N–H and O–H groups in total. The van der Waals surface area contributed by atoms with Gasteiger partial charge in [0.25, 0.3) is 0 Å². The van der Waals surface area contributed by atoms with Gasteiger partial charge >= 0.3 is 5.97 Å². The number of benzene rings is 1. The molecule has 2 rings (SSSR count). The Bertz CT molecular complexity index is 649. The van der Waals surface area contributed by atoms with Gasteiger partial charge in [-0.1, -0.05) is 34.1 Å². The Kier molecular flexibility index (Phi) is 4.54. The molecule has 0 aliphatic carbocycles. The zero-order valence-corrected chi connectivity index (χ0v) is 12.9. The summed E-state index contributed by atoms with van der Waals surface area (Å²) in [5.74, 6) is -0.384. The number of aromatic nitrogens is 2. The molecule has 1 aromatic carbocycles. The number of carbonyl (C=O) groups excluding carboxylic acids is 2. The first-order valence-corrected chi connectivity index (χ1v) is 7.19. The molecule has 1 heterocycles. The Morgan fingerprint density at radius 2 is 2.10 bits per heavy atom. The van der Waals surface area contributed by atoms with Crippen molar-refractivity contribution in [3.05, 3.63) is 30.0 Å². The quantitative estimate of drug-likeness (QED) is 0.477. The first-order chi connectivity index (χ1) is 9.50. The summed E-state index contributed by atoms with van der Waals surface area (Å²) in [6.07, 6.45) is 0. The molecule has 0 spiro atoms. The third kappa shape index (κ3) is 3.07. The van der Waals surface area contributed by atoms with Crippen LogP contribution in [0.3, 0.4) is 0 Å². The number of nitrogens with zero attached hydrogens (tertiary/aromatic N) is 2. The lowest BCUT2D eigenvalue weighted by Crippen LogP contribution is -2.19. The summed E-state index contributed by atoms with van der Waals surface area (Å²) in [4.78, 5) is 22.8. The van der Waals surface area contributed by atoms with E-state index in [4.69, 9.17) is 4.74 Å². The van der Waals surface area contributed by atoms with Crippen LogP contribution in [0.15, 0.2) is 24.3 Å². The molecule has 2 aromatic rings. The van der Waals surface area contributed by atoms with Crippen LogP contribution in [-0.4, -0.2) is 33.0 Å². The molecule has 6 heteroatoms. The minimum atomic E-state index is -0.344. The van der Waals surface area contributed by atoms with Crippen LogP contribution in [0.25, 0.3) is 10.9 Å². The van der Waals surface area contributed by atoms with Crippen molar-refractivity contribution in [1.29, 1.82) is 0 Å². The molecule has 5 nitrogen and oxygen atoms in total. The lowest BCUT2D eigenvalue weighted by molar-refractivity contribution is -0.141. The first kappa shape index (κ1) is 14.7. The summed E-state index contributed by atoms with van der Waals surface area (Å²) >= 11 is 3.30. The molecule has 0 amide bonds. The number of halogens is 1. The largest absolute Gasteiger partial charge is 0.464 e. The van der Waals surface area contributed by atoms with Gasteiger partial charge < -0.3 is 4.74 Å². The molecule has 0 aliphatic heterocycles. The van der Waals surface area contributed by atoms with Gasteiger partial charge in [-0.15, -0.1) is 0 Å². The van der Waals surface area contributed by atoms with E-state index in [1.807, 2.05) is 24.3 Å². The van der Waals surface area contributed by atoms with Crippen molar-refractivity contribution >= 4 is 38.6 Å². The number of hydrogen-bond donors (Lipinski definition) is 0. The fraction of sp³-hybridized carbons (Fsp3) is 0.357. The summed E-state index contributed by atoms with van der Waals surface area (Å²) in [5.41, 5.74) is 1.30. The molecule has 0 bridgehead atoms. The van der Waals surface area contributed by atoms with Crippen LogP contribution >= 0.6 is 15.9 Å². The van der Waals surface area contributed by atoms with Gasteiger partial charge in [0, 0.05) is 12.3 Å². The number of rotatable bonds is 5. The topological polar surface area (TPSA) is 61.2 Å². The van der Waals surface area contributed by atoms with Crippen LogP contribution in [0.2, 0.25) is 0 Å². The number of esters is 1. The van der Waals surface area contributed by atoms with Crippen LogP contribution in [-0.2, 0) is 16.1 Å². The maximum Gasteiger partial charge on any atom is 0.302 e. The Morgan fingerprint density at radius 1 is 1.40 bits per heavy atom. The number of hydrogen-bond acceptors (Lipinski definition) is 4. The Hall–Kier alpha value is -1.69. The van der Waals surface area contributed by atoms with Crippen LogP contribution < -0.4 is 0 Å². The highest BCUT2D eigenvalue weighted by molar-refractivity contribution is 9.10. The van der Waals surface area contributed by atoms with E-state index in [0.717, 1.165) is 10.9 Å². The first-order valence-electron chi connectivity index (χ1n) is 6.28. The van der Waals surface area contributed by atoms with Gasteiger partial charge in [0.05, 0.1) is 16.9 Å². The molecular weight excluding hydrogens is 324 g/mol. The van der Waals surface area contributed by atoms with Crippen molar-refractivity contribution < 1.29 is 14.3 Å². The van der Waals surface area contributed by atoms with Gasteiger partial charge in [0.1, 0.15) is 12.3 Å².